The van der Waals surface area contributed by atoms with E-state index in [4.69, 9.17) is 14.2 Å². The van der Waals surface area contributed by atoms with Gasteiger partial charge in [-0.25, -0.2) is 0 Å². The largest absolute Gasteiger partial charge is 0.497 e. The minimum absolute atomic E-state index is 0.00132. The van der Waals surface area contributed by atoms with Crippen LogP contribution in [0.5, 0.6) is 17.2 Å². The number of rotatable bonds is 8. The van der Waals surface area contributed by atoms with Gasteiger partial charge in [0.1, 0.15) is 5.75 Å². The molecule has 0 radical (unpaired) electrons. The van der Waals surface area contributed by atoms with Crippen molar-refractivity contribution >= 4 is 11.6 Å². The van der Waals surface area contributed by atoms with Crippen LogP contribution in [0.3, 0.4) is 0 Å². The average Bonchev–Trinajstić information content (AvgIpc) is 2.90. The number of nitrogens with zero attached hydrogens (tertiary/aromatic N) is 2. The number of hydrogen-bond acceptors (Lipinski definition) is 5. The van der Waals surface area contributed by atoms with E-state index in [9.17, 15) is 4.79 Å². The van der Waals surface area contributed by atoms with Crippen molar-refractivity contribution in [2.45, 2.75) is 25.4 Å². The molecule has 1 amide bonds. The molecule has 0 spiro atoms. The van der Waals surface area contributed by atoms with E-state index in [1.54, 1.807) is 21.3 Å². The van der Waals surface area contributed by atoms with E-state index in [1.807, 2.05) is 65.6 Å². The Hall–Kier alpha value is -3.51. The van der Waals surface area contributed by atoms with Gasteiger partial charge >= 0.3 is 0 Å². The number of carbonyl (C=O) groups excluding carboxylic acids is 1. The lowest BCUT2D eigenvalue weighted by molar-refractivity contribution is 0.0958. The van der Waals surface area contributed by atoms with Gasteiger partial charge < -0.3 is 19.1 Å². The topological polar surface area (TPSA) is 51.2 Å². The molecule has 0 bridgehead atoms. The van der Waals surface area contributed by atoms with Crippen LogP contribution in [0.1, 0.15) is 28.8 Å². The summed E-state index contributed by atoms with van der Waals surface area (Å²) in [5.74, 6) is 2.13. The highest BCUT2D eigenvalue weighted by molar-refractivity contribution is 6.06. The smallest absolute Gasteiger partial charge is 0.258 e. The summed E-state index contributed by atoms with van der Waals surface area (Å²) in [6, 6.07) is 23.5. The average molecular weight is 461 g/mol. The monoisotopic (exact) mass is 460 g/mol. The second kappa shape index (κ2) is 11.1. The lowest BCUT2D eigenvalue weighted by atomic mass is 10.00. The Morgan fingerprint density at radius 1 is 0.853 bits per heavy atom. The first-order valence-electron chi connectivity index (χ1n) is 11.6. The Morgan fingerprint density at radius 2 is 1.53 bits per heavy atom. The molecular weight excluding hydrogens is 428 g/mol. The van der Waals surface area contributed by atoms with Crippen molar-refractivity contribution in [2.24, 2.45) is 0 Å². The molecule has 1 saturated heterocycles. The fourth-order valence-electron chi connectivity index (χ4n) is 4.51. The van der Waals surface area contributed by atoms with Gasteiger partial charge in [-0.05, 0) is 54.8 Å². The molecule has 6 nitrogen and oxygen atoms in total. The second-order valence-electron chi connectivity index (χ2n) is 8.44. The molecule has 0 aliphatic carbocycles. The molecule has 0 atom stereocenters. The van der Waals surface area contributed by atoms with Crippen LogP contribution in [0.2, 0.25) is 0 Å². The van der Waals surface area contributed by atoms with Crippen LogP contribution in [0.25, 0.3) is 0 Å². The number of likely N-dealkylation sites (tertiary alicyclic amines) is 1. The molecular formula is C28H32N2O4. The summed E-state index contributed by atoms with van der Waals surface area (Å²) in [5.41, 5.74) is 2.76. The van der Waals surface area contributed by atoms with Gasteiger partial charge in [-0.1, -0.05) is 30.3 Å². The van der Waals surface area contributed by atoms with Crippen molar-refractivity contribution in [3.63, 3.8) is 0 Å². The van der Waals surface area contributed by atoms with Crippen molar-refractivity contribution in [3.05, 3.63) is 83.9 Å². The summed E-state index contributed by atoms with van der Waals surface area (Å²) < 4.78 is 16.2. The molecule has 1 heterocycles. The molecule has 0 saturated carbocycles. The highest BCUT2D eigenvalue weighted by Gasteiger charge is 2.30. The number of ether oxygens (including phenoxy) is 3. The zero-order valence-corrected chi connectivity index (χ0v) is 20.1. The molecule has 3 aromatic carbocycles. The fourth-order valence-corrected chi connectivity index (χ4v) is 4.51. The van der Waals surface area contributed by atoms with Gasteiger partial charge in [0.2, 0.25) is 0 Å². The summed E-state index contributed by atoms with van der Waals surface area (Å²) in [5, 5.41) is 0. The molecule has 0 aromatic heterocycles. The molecule has 0 unspecified atom stereocenters. The normalized spacial score (nSPS) is 14.4. The summed E-state index contributed by atoms with van der Waals surface area (Å²) >= 11 is 0. The van der Waals surface area contributed by atoms with Crippen molar-refractivity contribution in [1.29, 1.82) is 0 Å². The van der Waals surface area contributed by atoms with Gasteiger partial charge in [0.25, 0.3) is 5.91 Å². The Morgan fingerprint density at radius 3 is 2.15 bits per heavy atom. The Kier molecular flexibility index (Phi) is 7.70. The fraction of sp³-hybridized carbons (Fsp3) is 0.321. The number of hydrogen-bond donors (Lipinski definition) is 0. The first kappa shape index (κ1) is 23.6. The number of piperidine rings is 1. The first-order valence-corrected chi connectivity index (χ1v) is 11.6. The highest BCUT2D eigenvalue weighted by atomic mass is 16.5. The van der Waals surface area contributed by atoms with Gasteiger partial charge in [-0.3, -0.25) is 9.69 Å². The minimum atomic E-state index is 0.00132. The third-order valence-corrected chi connectivity index (χ3v) is 6.37. The van der Waals surface area contributed by atoms with Crippen LogP contribution in [0.15, 0.2) is 72.8 Å². The van der Waals surface area contributed by atoms with Crippen LogP contribution in [-0.2, 0) is 6.54 Å². The van der Waals surface area contributed by atoms with E-state index < -0.39 is 0 Å². The SMILES string of the molecule is COc1ccc(CN2CCC(N(C(=O)c3ccccc3)c3ccc(OC)c(OC)c3)CC2)cc1. The van der Waals surface area contributed by atoms with Crippen molar-refractivity contribution in [3.8, 4) is 17.2 Å². The molecule has 1 fully saturated rings. The molecule has 3 aromatic rings. The van der Waals surface area contributed by atoms with E-state index in [1.165, 1.54) is 5.56 Å². The molecule has 1 aliphatic heterocycles. The van der Waals surface area contributed by atoms with Crippen molar-refractivity contribution in [2.75, 3.05) is 39.3 Å². The number of methoxy groups -OCH3 is 3. The number of carbonyl (C=O) groups is 1. The van der Waals surface area contributed by atoms with E-state index in [-0.39, 0.29) is 11.9 Å². The lowest BCUT2D eigenvalue weighted by Gasteiger charge is -2.39. The molecule has 178 valence electrons. The number of amides is 1. The summed E-state index contributed by atoms with van der Waals surface area (Å²) in [7, 11) is 4.91. The molecule has 0 N–H and O–H groups in total. The maximum Gasteiger partial charge on any atom is 0.258 e. The second-order valence-corrected chi connectivity index (χ2v) is 8.44. The number of benzene rings is 3. The zero-order chi connectivity index (χ0) is 23.9. The predicted molar refractivity (Wildman–Crippen MR) is 134 cm³/mol. The van der Waals surface area contributed by atoms with Crippen molar-refractivity contribution < 1.29 is 19.0 Å². The Labute approximate surface area is 201 Å². The summed E-state index contributed by atoms with van der Waals surface area (Å²) in [4.78, 5) is 18.0. The van der Waals surface area contributed by atoms with Gasteiger partial charge in [0, 0.05) is 43.0 Å². The molecule has 4 rings (SSSR count). The third-order valence-electron chi connectivity index (χ3n) is 6.37. The van der Waals surface area contributed by atoms with Gasteiger partial charge in [-0.15, -0.1) is 0 Å². The quantitative estimate of drug-likeness (QED) is 0.472. The zero-order valence-electron chi connectivity index (χ0n) is 20.1. The molecule has 6 heteroatoms. The standard InChI is InChI=1S/C28H32N2O4/c1-32-25-12-9-21(10-13-25)20-29-17-15-23(16-18-29)30(28(31)22-7-5-4-6-8-22)24-11-14-26(33-2)27(19-24)34-3/h4-14,19,23H,15-18,20H2,1-3H3. The van der Waals surface area contributed by atoms with Crippen LogP contribution >= 0.6 is 0 Å². The van der Waals surface area contributed by atoms with Crippen LogP contribution in [0, 0.1) is 0 Å². The van der Waals surface area contributed by atoms with E-state index in [2.05, 4.69) is 17.0 Å². The van der Waals surface area contributed by atoms with Gasteiger partial charge in [0.15, 0.2) is 11.5 Å². The summed E-state index contributed by atoms with van der Waals surface area (Å²) in [6.45, 7) is 2.73. The maximum absolute atomic E-state index is 13.7. The van der Waals surface area contributed by atoms with Crippen molar-refractivity contribution in [1.82, 2.24) is 4.90 Å². The van der Waals surface area contributed by atoms with Crippen LogP contribution < -0.4 is 19.1 Å². The van der Waals surface area contributed by atoms with Crippen LogP contribution in [0.4, 0.5) is 5.69 Å². The molecule has 34 heavy (non-hydrogen) atoms. The highest BCUT2D eigenvalue weighted by Crippen LogP contribution is 2.34. The Bertz CT molecular complexity index is 1080. The molecule has 1 aliphatic rings. The predicted octanol–water partition coefficient (Wildman–Crippen LogP) is 5.02. The number of anilines is 1. The third kappa shape index (κ3) is 5.34. The van der Waals surface area contributed by atoms with Gasteiger partial charge in [0.05, 0.1) is 21.3 Å². The maximum atomic E-state index is 13.7. The lowest BCUT2D eigenvalue weighted by Crippen LogP contribution is -2.47. The van der Waals surface area contributed by atoms with E-state index >= 15 is 0 Å². The van der Waals surface area contributed by atoms with Crippen LogP contribution in [-0.4, -0.2) is 51.3 Å². The Balaban J connectivity index is 1.53. The van der Waals surface area contributed by atoms with E-state index in [0.717, 1.165) is 43.9 Å². The summed E-state index contributed by atoms with van der Waals surface area (Å²) in [6.07, 6.45) is 1.78. The first-order chi connectivity index (χ1) is 16.6. The van der Waals surface area contributed by atoms with Gasteiger partial charge in [-0.2, -0.15) is 0 Å². The van der Waals surface area contributed by atoms with E-state index in [0.29, 0.717) is 17.1 Å². The minimum Gasteiger partial charge on any atom is -0.497 e.